The maximum absolute atomic E-state index is 13.3. The summed E-state index contributed by atoms with van der Waals surface area (Å²) in [5, 5.41) is 10.8. The number of nitrogens with one attached hydrogen (secondary N) is 3. The van der Waals surface area contributed by atoms with Gasteiger partial charge < -0.3 is 25.4 Å². The van der Waals surface area contributed by atoms with Crippen molar-refractivity contribution in [1.82, 2.24) is 20.2 Å². The van der Waals surface area contributed by atoms with Crippen LogP contribution in [0.2, 0.25) is 15.1 Å². The zero-order chi connectivity index (χ0) is 26.3. The first-order valence-corrected chi connectivity index (χ1v) is 13.6. The van der Waals surface area contributed by atoms with Gasteiger partial charge in [-0.1, -0.05) is 40.9 Å². The molecule has 37 heavy (non-hydrogen) atoms. The summed E-state index contributed by atoms with van der Waals surface area (Å²) < 4.78 is 15.2. The summed E-state index contributed by atoms with van der Waals surface area (Å²) in [7, 11) is 3.69. The molecular formula is C26H30Cl3FN6O. The van der Waals surface area contributed by atoms with Gasteiger partial charge in [0.2, 0.25) is 11.9 Å². The molecule has 7 nitrogen and oxygen atoms in total. The fourth-order valence-electron chi connectivity index (χ4n) is 4.98. The van der Waals surface area contributed by atoms with Gasteiger partial charge in [0.1, 0.15) is 0 Å². The van der Waals surface area contributed by atoms with E-state index in [0.29, 0.717) is 33.2 Å². The van der Waals surface area contributed by atoms with E-state index >= 15 is 0 Å². The Balaban J connectivity index is 1.40. The maximum Gasteiger partial charge on any atom is 0.240 e. The highest BCUT2D eigenvalue weighted by Crippen LogP contribution is 2.39. The normalized spacial score (nSPS) is 18.8. The number of halogens is 4. The van der Waals surface area contributed by atoms with Crippen molar-refractivity contribution in [3.05, 3.63) is 44.9 Å². The Bertz CT molecular complexity index is 1340. The van der Waals surface area contributed by atoms with E-state index in [1.54, 1.807) is 19.2 Å². The van der Waals surface area contributed by atoms with Gasteiger partial charge in [0.05, 0.1) is 49.7 Å². The lowest BCUT2D eigenvalue weighted by molar-refractivity contribution is -0.124. The highest BCUT2D eigenvalue weighted by Gasteiger charge is 2.48. The molecule has 2 heterocycles. The van der Waals surface area contributed by atoms with E-state index in [2.05, 4.69) is 20.9 Å². The number of carbonyl (C=O) groups is 1. The van der Waals surface area contributed by atoms with Crippen LogP contribution >= 0.6 is 34.8 Å². The molecule has 3 N–H and O–H groups in total. The fraction of sp³-hybridized carbons (Fsp3) is 0.462. The summed E-state index contributed by atoms with van der Waals surface area (Å²) in [6.45, 7) is 1.45. The van der Waals surface area contributed by atoms with Crippen LogP contribution in [0, 0.1) is 5.92 Å². The Kier molecular flexibility index (Phi) is 7.47. The molecule has 1 saturated carbocycles. The predicted octanol–water partition coefficient (Wildman–Crippen LogP) is 5.83. The van der Waals surface area contributed by atoms with E-state index in [1.807, 2.05) is 23.7 Å². The fourth-order valence-corrected chi connectivity index (χ4v) is 5.79. The zero-order valence-corrected chi connectivity index (χ0v) is 23.1. The van der Waals surface area contributed by atoms with Gasteiger partial charge in [0.25, 0.3) is 0 Å². The van der Waals surface area contributed by atoms with Gasteiger partial charge in [0, 0.05) is 32.6 Å². The molecule has 1 atom stereocenters. The number of piperidine rings is 1. The first-order valence-electron chi connectivity index (χ1n) is 12.4. The molecule has 11 heteroatoms. The summed E-state index contributed by atoms with van der Waals surface area (Å²) in [6, 6.07) is 7.39. The highest BCUT2D eigenvalue weighted by molar-refractivity contribution is 6.39. The minimum atomic E-state index is -0.464. The molecule has 0 bridgehead atoms. The van der Waals surface area contributed by atoms with Crippen molar-refractivity contribution in [2.75, 3.05) is 37.0 Å². The number of aryl methyl sites for hydroxylation is 1. The van der Waals surface area contributed by atoms with Crippen LogP contribution in [0.3, 0.4) is 0 Å². The van der Waals surface area contributed by atoms with Crippen LogP contribution < -0.4 is 20.9 Å². The van der Waals surface area contributed by atoms with Crippen LogP contribution in [0.1, 0.15) is 31.2 Å². The number of likely N-dealkylation sites (N-methyl/N-ethyl adjacent to an activating group) is 1. The number of hydrogen-bond donors (Lipinski definition) is 3. The third-order valence-corrected chi connectivity index (χ3v) is 8.59. The molecule has 1 saturated heterocycles. The molecule has 198 valence electrons. The number of nitrogens with zero attached hydrogens (tertiary/aromatic N) is 3. The molecule has 0 radical (unpaired) electrons. The number of aromatic nitrogens is 2. The third-order valence-electron chi connectivity index (χ3n) is 7.54. The van der Waals surface area contributed by atoms with Gasteiger partial charge in [-0.15, -0.1) is 0 Å². The first kappa shape index (κ1) is 26.4. The average Bonchev–Trinajstić information content (AvgIpc) is 3.65. The lowest BCUT2D eigenvalue weighted by Crippen LogP contribution is -2.44. The quantitative estimate of drug-likeness (QED) is 0.319. The summed E-state index contributed by atoms with van der Waals surface area (Å²) >= 11 is 19.9. The van der Waals surface area contributed by atoms with Crippen LogP contribution in [-0.2, 0) is 18.4 Å². The number of amides is 1. The number of fused-ring (bicyclic) bond motifs is 1. The summed E-state index contributed by atoms with van der Waals surface area (Å²) in [6.07, 6.45) is 3.48. The molecule has 1 aliphatic heterocycles. The largest absolute Gasteiger partial charge is 0.370 e. The van der Waals surface area contributed by atoms with E-state index in [9.17, 15) is 9.18 Å². The number of carbonyl (C=O) groups excluding carboxylic acids is 1. The molecule has 3 aromatic rings. The van der Waals surface area contributed by atoms with Gasteiger partial charge >= 0.3 is 0 Å². The highest BCUT2D eigenvalue weighted by atomic mass is 35.5. The zero-order valence-electron chi connectivity index (χ0n) is 20.8. The Labute approximate surface area is 230 Å². The van der Waals surface area contributed by atoms with Crippen LogP contribution in [0.4, 0.5) is 21.7 Å². The van der Waals surface area contributed by atoms with Crippen molar-refractivity contribution in [1.29, 1.82) is 0 Å². The standard InChI is InChI=1S/C26H30Cl3FN6O/c1-31-26(7-8-26)24(37)32-13-16-5-6-17(27)23(22(16)29)34-25-33-19-10-18(28)20(11-21(19)35(25)2)36-9-3-4-15(12-30)14-36/h5-6,10-11,15,31H,3-4,7-9,12-14H2,1-2H3,(H,32,37)(H,33,34). The summed E-state index contributed by atoms with van der Waals surface area (Å²) in [5.74, 6) is 0.532. The van der Waals surface area contributed by atoms with Crippen LogP contribution in [0.5, 0.6) is 0 Å². The predicted molar refractivity (Wildman–Crippen MR) is 149 cm³/mol. The smallest absolute Gasteiger partial charge is 0.240 e. The molecule has 5 rings (SSSR count). The van der Waals surface area contributed by atoms with Crippen molar-refractivity contribution in [2.45, 2.75) is 37.8 Å². The van der Waals surface area contributed by atoms with Gasteiger partial charge in [-0.25, -0.2) is 4.98 Å². The van der Waals surface area contributed by atoms with Crippen molar-refractivity contribution >= 4 is 69.1 Å². The van der Waals surface area contributed by atoms with Crippen molar-refractivity contribution < 1.29 is 9.18 Å². The second-order valence-corrected chi connectivity index (χ2v) is 11.1. The molecule has 2 aliphatic rings. The van der Waals surface area contributed by atoms with E-state index < -0.39 is 5.54 Å². The molecule has 2 aromatic carbocycles. The van der Waals surface area contributed by atoms with Crippen molar-refractivity contribution in [3.63, 3.8) is 0 Å². The molecule has 2 fully saturated rings. The van der Waals surface area contributed by atoms with Crippen LogP contribution in [0.15, 0.2) is 24.3 Å². The Hall–Kier alpha value is -2.26. The van der Waals surface area contributed by atoms with Gasteiger partial charge in [-0.05, 0) is 56.5 Å². The number of anilines is 3. The second-order valence-electron chi connectivity index (χ2n) is 9.93. The lowest BCUT2D eigenvalue weighted by atomic mass is 9.99. The van der Waals surface area contributed by atoms with E-state index in [-0.39, 0.29) is 25.0 Å². The number of imidazole rings is 1. The van der Waals surface area contributed by atoms with Crippen LogP contribution in [0.25, 0.3) is 11.0 Å². The Morgan fingerprint density at radius 1 is 1.22 bits per heavy atom. The monoisotopic (exact) mass is 566 g/mol. The minimum absolute atomic E-state index is 0.0265. The van der Waals surface area contributed by atoms with Gasteiger partial charge in [-0.2, -0.15) is 0 Å². The summed E-state index contributed by atoms with van der Waals surface area (Å²) in [4.78, 5) is 19.4. The third kappa shape index (κ3) is 5.09. The Morgan fingerprint density at radius 2 is 2.00 bits per heavy atom. The number of hydrogen-bond acceptors (Lipinski definition) is 5. The number of benzene rings is 2. The first-order chi connectivity index (χ1) is 17.8. The van der Waals surface area contributed by atoms with Crippen molar-refractivity contribution in [2.24, 2.45) is 13.0 Å². The molecule has 1 amide bonds. The minimum Gasteiger partial charge on any atom is -0.370 e. The van der Waals surface area contributed by atoms with E-state index in [0.717, 1.165) is 54.5 Å². The average molecular weight is 568 g/mol. The SMILES string of the molecule is CNC1(C(=O)NCc2ccc(Cl)c(Nc3nc4cc(Cl)c(N5CCCC(CF)C5)cc4n3C)c2Cl)CC1. The molecule has 1 aromatic heterocycles. The van der Waals surface area contributed by atoms with Crippen molar-refractivity contribution in [3.8, 4) is 0 Å². The number of rotatable bonds is 8. The molecule has 0 spiro atoms. The number of alkyl halides is 1. The van der Waals surface area contributed by atoms with Gasteiger partial charge in [0.15, 0.2) is 0 Å². The lowest BCUT2D eigenvalue weighted by Gasteiger charge is -2.33. The van der Waals surface area contributed by atoms with E-state index in [4.69, 9.17) is 39.8 Å². The summed E-state index contributed by atoms with van der Waals surface area (Å²) in [5.41, 5.74) is 3.26. The van der Waals surface area contributed by atoms with E-state index in [1.165, 1.54) is 0 Å². The molecule has 1 unspecified atom stereocenters. The molecular weight excluding hydrogens is 538 g/mol. The van der Waals surface area contributed by atoms with Gasteiger partial charge in [-0.3, -0.25) is 9.18 Å². The van der Waals surface area contributed by atoms with Crippen LogP contribution in [-0.4, -0.2) is 47.8 Å². The maximum atomic E-state index is 13.3. The Morgan fingerprint density at radius 3 is 2.70 bits per heavy atom. The second kappa shape index (κ2) is 10.5. The molecule has 1 aliphatic carbocycles. The topological polar surface area (TPSA) is 74.2 Å².